The summed E-state index contributed by atoms with van der Waals surface area (Å²) in [7, 11) is 1.42. The van der Waals surface area contributed by atoms with Gasteiger partial charge in [-0.1, -0.05) is 5.16 Å². The van der Waals surface area contributed by atoms with Crippen LogP contribution in [0.4, 0.5) is 4.79 Å². The molecule has 0 radical (unpaired) electrons. The van der Waals surface area contributed by atoms with E-state index < -0.39 is 11.7 Å². The fraction of sp³-hybridized carbons (Fsp3) is 0.786. The van der Waals surface area contributed by atoms with Gasteiger partial charge in [0.05, 0.1) is 0 Å². The van der Waals surface area contributed by atoms with Crippen LogP contribution in [-0.4, -0.2) is 48.4 Å². The molecule has 1 rings (SSSR count). The van der Waals surface area contributed by atoms with Crippen molar-refractivity contribution in [1.82, 2.24) is 4.90 Å². The third-order valence-electron chi connectivity index (χ3n) is 3.60. The van der Waals surface area contributed by atoms with Crippen molar-refractivity contribution in [1.29, 1.82) is 0 Å². The van der Waals surface area contributed by atoms with E-state index in [1.807, 2.05) is 13.8 Å². The maximum atomic E-state index is 12.1. The van der Waals surface area contributed by atoms with E-state index in [-0.39, 0.29) is 5.91 Å². The Kier molecular flexibility index (Phi) is 5.99. The first-order valence-corrected chi connectivity index (χ1v) is 7.10. The van der Waals surface area contributed by atoms with E-state index >= 15 is 0 Å². The minimum absolute atomic E-state index is 0.0945. The zero-order valence-corrected chi connectivity index (χ0v) is 13.2. The lowest BCUT2D eigenvalue weighted by molar-refractivity contribution is -0.125. The van der Waals surface area contributed by atoms with Gasteiger partial charge in [-0.05, 0) is 46.0 Å². The maximum absolute atomic E-state index is 12.1. The number of ether oxygens (including phenoxy) is 1. The Balaban J connectivity index is 2.47. The van der Waals surface area contributed by atoms with E-state index in [9.17, 15) is 9.59 Å². The molecule has 0 spiro atoms. The summed E-state index contributed by atoms with van der Waals surface area (Å²) in [4.78, 5) is 29.3. The number of carbonyl (C=O) groups excluding carboxylic acids is 2. The minimum Gasteiger partial charge on any atom is -0.444 e. The van der Waals surface area contributed by atoms with Crippen LogP contribution in [0.1, 0.15) is 40.0 Å². The zero-order valence-electron chi connectivity index (χ0n) is 13.2. The number of nitrogens with zero attached hydrogens (tertiary/aromatic N) is 2. The molecule has 0 aromatic carbocycles. The number of piperidine rings is 1. The van der Waals surface area contributed by atoms with Gasteiger partial charge in [0.15, 0.2) is 0 Å². The van der Waals surface area contributed by atoms with Gasteiger partial charge in [-0.3, -0.25) is 4.79 Å². The lowest BCUT2D eigenvalue weighted by atomic mass is 9.86. The molecule has 0 saturated carbocycles. The number of amides is 2. The van der Waals surface area contributed by atoms with Crippen LogP contribution in [0.25, 0.3) is 0 Å². The molecule has 0 aromatic heterocycles. The summed E-state index contributed by atoms with van der Waals surface area (Å²) in [6.45, 7) is 6.69. The molecule has 1 fully saturated rings. The SMILES string of the molecule is CO/N=C(/C)C(=O)N1CCC(CC(C)(C)OC(N)=O)CC1. The van der Waals surface area contributed by atoms with Crippen LogP contribution in [0.15, 0.2) is 5.16 Å². The van der Waals surface area contributed by atoms with Gasteiger partial charge in [-0.25, -0.2) is 4.79 Å². The summed E-state index contributed by atoms with van der Waals surface area (Å²) >= 11 is 0. The molecule has 1 aliphatic heterocycles. The molecule has 21 heavy (non-hydrogen) atoms. The van der Waals surface area contributed by atoms with Crippen molar-refractivity contribution in [2.75, 3.05) is 20.2 Å². The predicted octanol–water partition coefficient (Wildman–Crippen LogP) is 1.51. The average molecular weight is 299 g/mol. The lowest BCUT2D eigenvalue weighted by Gasteiger charge is -2.35. The molecule has 0 aromatic rings. The number of hydrogen-bond acceptors (Lipinski definition) is 5. The summed E-state index contributed by atoms with van der Waals surface area (Å²) in [5.41, 5.74) is 4.85. The molecule has 1 aliphatic rings. The fourth-order valence-corrected chi connectivity index (χ4v) is 2.75. The molecule has 1 heterocycles. The number of oxime groups is 1. The monoisotopic (exact) mass is 299 g/mol. The van der Waals surface area contributed by atoms with Gasteiger partial charge in [0, 0.05) is 13.1 Å². The molecular formula is C14H25N3O4. The first-order chi connectivity index (χ1) is 9.75. The van der Waals surface area contributed by atoms with Crippen molar-refractivity contribution in [3.05, 3.63) is 0 Å². The molecule has 120 valence electrons. The van der Waals surface area contributed by atoms with Gasteiger partial charge in [0.1, 0.15) is 18.4 Å². The Morgan fingerprint density at radius 3 is 2.38 bits per heavy atom. The van der Waals surface area contributed by atoms with Crippen LogP contribution in [0.2, 0.25) is 0 Å². The first-order valence-electron chi connectivity index (χ1n) is 7.10. The van der Waals surface area contributed by atoms with Crippen molar-refractivity contribution in [2.45, 2.75) is 45.6 Å². The average Bonchev–Trinajstić information content (AvgIpc) is 2.37. The van der Waals surface area contributed by atoms with E-state index in [0.29, 0.717) is 24.7 Å². The summed E-state index contributed by atoms with van der Waals surface area (Å²) in [6.07, 6.45) is 1.73. The number of likely N-dealkylation sites (tertiary alicyclic amines) is 1. The Bertz CT molecular complexity index is 412. The highest BCUT2D eigenvalue weighted by atomic mass is 16.6. The Labute approximate surface area is 125 Å². The summed E-state index contributed by atoms with van der Waals surface area (Å²) in [5.74, 6) is 0.311. The van der Waals surface area contributed by atoms with Crippen molar-refractivity contribution in [3.63, 3.8) is 0 Å². The van der Waals surface area contributed by atoms with Crippen molar-refractivity contribution >= 4 is 17.7 Å². The third kappa shape index (κ3) is 5.61. The van der Waals surface area contributed by atoms with E-state index in [2.05, 4.69) is 9.99 Å². The highest BCUT2D eigenvalue weighted by molar-refractivity contribution is 6.37. The molecule has 1 saturated heterocycles. The molecule has 0 aliphatic carbocycles. The smallest absolute Gasteiger partial charge is 0.405 e. The van der Waals surface area contributed by atoms with Crippen LogP contribution in [-0.2, 0) is 14.4 Å². The lowest BCUT2D eigenvalue weighted by Crippen LogP contribution is -2.43. The predicted molar refractivity (Wildman–Crippen MR) is 78.8 cm³/mol. The summed E-state index contributed by atoms with van der Waals surface area (Å²) in [5, 5.41) is 3.66. The number of rotatable bonds is 5. The van der Waals surface area contributed by atoms with E-state index in [1.165, 1.54) is 7.11 Å². The molecular weight excluding hydrogens is 274 g/mol. The maximum Gasteiger partial charge on any atom is 0.405 e. The van der Waals surface area contributed by atoms with E-state index in [0.717, 1.165) is 19.3 Å². The molecule has 7 nitrogen and oxygen atoms in total. The standard InChI is InChI=1S/C14H25N3O4/c1-10(16-20-4)12(18)17-7-5-11(6-8-17)9-14(2,3)21-13(15)19/h11H,5-9H2,1-4H3,(H2,15,19)/b16-10-. The van der Waals surface area contributed by atoms with Crippen LogP contribution >= 0.6 is 0 Å². The molecule has 0 bridgehead atoms. The van der Waals surface area contributed by atoms with Crippen LogP contribution in [0.3, 0.4) is 0 Å². The van der Waals surface area contributed by atoms with Crippen LogP contribution < -0.4 is 5.73 Å². The second-order valence-electron chi connectivity index (χ2n) is 5.98. The second kappa shape index (κ2) is 7.28. The Morgan fingerprint density at radius 1 is 1.33 bits per heavy atom. The quantitative estimate of drug-likeness (QED) is 0.615. The van der Waals surface area contributed by atoms with Gasteiger partial charge in [0.25, 0.3) is 5.91 Å². The van der Waals surface area contributed by atoms with Crippen molar-refractivity contribution in [3.8, 4) is 0 Å². The van der Waals surface area contributed by atoms with Gasteiger partial charge in [-0.2, -0.15) is 0 Å². The van der Waals surface area contributed by atoms with Gasteiger partial charge in [-0.15, -0.1) is 0 Å². The summed E-state index contributed by atoms with van der Waals surface area (Å²) in [6, 6.07) is 0. The zero-order chi connectivity index (χ0) is 16.0. The largest absolute Gasteiger partial charge is 0.444 e. The topological polar surface area (TPSA) is 94.2 Å². The molecule has 2 N–H and O–H groups in total. The normalized spacial score (nSPS) is 17.5. The summed E-state index contributed by atoms with van der Waals surface area (Å²) < 4.78 is 5.11. The fourth-order valence-electron chi connectivity index (χ4n) is 2.75. The third-order valence-corrected chi connectivity index (χ3v) is 3.60. The van der Waals surface area contributed by atoms with Crippen molar-refractivity contribution in [2.24, 2.45) is 16.8 Å². The highest BCUT2D eigenvalue weighted by Gasteiger charge is 2.30. The Morgan fingerprint density at radius 2 is 1.90 bits per heavy atom. The number of nitrogens with two attached hydrogens (primary N) is 1. The number of primary amides is 1. The molecule has 2 amide bonds. The van der Waals surface area contributed by atoms with Crippen molar-refractivity contribution < 1.29 is 19.2 Å². The van der Waals surface area contributed by atoms with Gasteiger partial charge < -0.3 is 20.2 Å². The highest BCUT2D eigenvalue weighted by Crippen LogP contribution is 2.28. The van der Waals surface area contributed by atoms with Gasteiger partial charge in [0.2, 0.25) is 0 Å². The molecule has 0 unspecified atom stereocenters. The van der Waals surface area contributed by atoms with E-state index in [1.54, 1.807) is 11.8 Å². The number of hydrogen-bond donors (Lipinski definition) is 1. The second-order valence-corrected chi connectivity index (χ2v) is 5.98. The van der Waals surface area contributed by atoms with Crippen LogP contribution in [0, 0.1) is 5.92 Å². The van der Waals surface area contributed by atoms with E-state index in [4.69, 9.17) is 10.5 Å². The van der Waals surface area contributed by atoms with Gasteiger partial charge >= 0.3 is 6.09 Å². The first kappa shape index (κ1) is 17.3. The number of carbonyl (C=O) groups is 2. The molecule has 7 heteroatoms. The molecule has 0 atom stereocenters. The van der Waals surface area contributed by atoms with Crippen LogP contribution in [0.5, 0.6) is 0 Å². The Hall–Kier alpha value is -1.79. The minimum atomic E-state index is -0.751.